The highest BCUT2D eigenvalue weighted by Crippen LogP contribution is 2.16. The molecule has 1 heterocycles. The van der Waals surface area contributed by atoms with Crippen LogP contribution in [-0.2, 0) is 9.53 Å². The lowest BCUT2D eigenvalue weighted by atomic mass is 10.1. The Morgan fingerprint density at radius 2 is 2.00 bits per heavy atom. The predicted octanol–water partition coefficient (Wildman–Crippen LogP) is 0.620. The number of carbonyl (C=O) groups is 1. The molecule has 0 radical (unpaired) electrons. The summed E-state index contributed by atoms with van der Waals surface area (Å²) in [4.78, 5) is 14.2. The van der Waals surface area contributed by atoms with Crippen LogP contribution in [0, 0.1) is 5.92 Å². The van der Waals surface area contributed by atoms with E-state index < -0.39 is 0 Å². The fourth-order valence-electron chi connectivity index (χ4n) is 2.27. The van der Waals surface area contributed by atoms with Gasteiger partial charge in [0.2, 0.25) is 5.91 Å². The zero-order valence-electron chi connectivity index (χ0n) is 12.4. The van der Waals surface area contributed by atoms with Gasteiger partial charge in [0.1, 0.15) is 0 Å². The third-order valence-corrected chi connectivity index (χ3v) is 3.53. The summed E-state index contributed by atoms with van der Waals surface area (Å²) in [5.41, 5.74) is 0. The fourth-order valence-corrected chi connectivity index (χ4v) is 2.27. The number of aliphatic hydroxyl groups is 1. The largest absolute Gasteiger partial charge is 0.394 e. The van der Waals surface area contributed by atoms with Crippen LogP contribution < -0.4 is 5.32 Å². The molecule has 5 heteroatoms. The molecule has 0 aliphatic carbocycles. The van der Waals surface area contributed by atoms with Gasteiger partial charge in [-0.3, -0.25) is 9.69 Å². The van der Waals surface area contributed by atoms with Gasteiger partial charge >= 0.3 is 0 Å². The molecule has 0 spiro atoms. The average Bonchev–Trinajstić information content (AvgIpc) is 2.42. The van der Waals surface area contributed by atoms with Gasteiger partial charge in [0.05, 0.1) is 25.4 Å². The molecule has 0 aromatic rings. The zero-order valence-corrected chi connectivity index (χ0v) is 12.4. The molecular weight excluding hydrogens is 244 g/mol. The highest BCUT2D eigenvalue weighted by molar-refractivity contribution is 5.81. The van der Waals surface area contributed by atoms with Crippen molar-refractivity contribution in [1.29, 1.82) is 0 Å². The molecule has 2 N–H and O–H groups in total. The molecule has 1 unspecified atom stereocenters. The van der Waals surface area contributed by atoms with Crippen LogP contribution >= 0.6 is 0 Å². The maximum atomic E-state index is 12.0. The number of likely N-dealkylation sites (tertiary alicyclic amines) is 1. The Morgan fingerprint density at radius 3 is 2.53 bits per heavy atom. The first-order chi connectivity index (χ1) is 9.04. The summed E-state index contributed by atoms with van der Waals surface area (Å²) in [5, 5.41) is 11.7. The topological polar surface area (TPSA) is 61.8 Å². The molecule has 1 aliphatic heterocycles. The monoisotopic (exact) mass is 272 g/mol. The van der Waals surface area contributed by atoms with E-state index in [0.717, 1.165) is 32.5 Å². The molecular formula is C14H28N2O3. The average molecular weight is 272 g/mol. The summed E-state index contributed by atoms with van der Waals surface area (Å²) in [6, 6.07) is -0.0717. The van der Waals surface area contributed by atoms with Crippen LogP contribution in [0.5, 0.6) is 0 Å². The lowest BCUT2D eigenvalue weighted by Gasteiger charge is -2.35. The molecule has 1 fully saturated rings. The standard InChI is InChI=1S/C14H28N2O3/c1-11(2)10-15-14(18)12(3)16-6-4-13(5-7-16)19-9-8-17/h11-13,17H,4-10H2,1-3H3,(H,15,18). The van der Waals surface area contributed by atoms with Crippen LogP contribution in [0.2, 0.25) is 0 Å². The zero-order chi connectivity index (χ0) is 14.3. The van der Waals surface area contributed by atoms with Crippen molar-refractivity contribution in [2.75, 3.05) is 32.8 Å². The normalized spacial score (nSPS) is 19.6. The third kappa shape index (κ3) is 5.89. The fraction of sp³-hybridized carbons (Fsp3) is 0.929. The Kier molecular flexibility index (Phi) is 7.34. The summed E-state index contributed by atoms with van der Waals surface area (Å²) < 4.78 is 5.52. The Bertz CT molecular complexity index is 263. The van der Waals surface area contributed by atoms with Gasteiger partial charge in [-0.15, -0.1) is 0 Å². The van der Waals surface area contributed by atoms with Gasteiger partial charge in [-0.2, -0.15) is 0 Å². The van der Waals surface area contributed by atoms with Crippen molar-refractivity contribution in [1.82, 2.24) is 10.2 Å². The van der Waals surface area contributed by atoms with E-state index in [0.29, 0.717) is 12.5 Å². The lowest BCUT2D eigenvalue weighted by molar-refractivity contribution is -0.127. The highest BCUT2D eigenvalue weighted by atomic mass is 16.5. The van der Waals surface area contributed by atoms with Crippen molar-refractivity contribution in [2.24, 2.45) is 5.92 Å². The van der Waals surface area contributed by atoms with E-state index in [1.165, 1.54) is 0 Å². The first-order valence-electron chi connectivity index (χ1n) is 7.28. The summed E-state index contributed by atoms with van der Waals surface area (Å²) in [6.45, 7) is 9.13. The molecule has 5 nitrogen and oxygen atoms in total. The molecule has 0 aromatic carbocycles. The number of aliphatic hydroxyl groups excluding tert-OH is 1. The highest BCUT2D eigenvalue weighted by Gasteiger charge is 2.26. The van der Waals surface area contributed by atoms with Crippen LogP contribution in [0.15, 0.2) is 0 Å². The summed E-state index contributed by atoms with van der Waals surface area (Å²) in [6.07, 6.45) is 2.10. The Morgan fingerprint density at radius 1 is 1.37 bits per heavy atom. The third-order valence-electron chi connectivity index (χ3n) is 3.53. The number of rotatable bonds is 7. The second kappa shape index (κ2) is 8.51. The van der Waals surface area contributed by atoms with E-state index in [2.05, 4.69) is 24.1 Å². The lowest BCUT2D eigenvalue weighted by Crippen LogP contribution is -2.49. The number of amides is 1. The van der Waals surface area contributed by atoms with E-state index in [1.807, 2.05) is 6.92 Å². The number of piperidine rings is 1. The molecule has 1 atom stereocenters. The van der Waals surface area contributed by atoms with Gasteiger partial charge in [-0.05, 0) is 25.7 Å². The van der Waals surface area contributed by atoms with Gasteiger partial charge < -0.3 is 15.2 Å². The molecule has 19 heavy (non-hydrogen) atoms. The first-order valence-corrected chi connectivity index (χ1v) is 7.28. The number of ether oxygens (including phenoxy) is 1. The van der Waals surface area contributed by atoms with Crippen LogP contribution in [0.1, 0.15) is 33.6 Å². The number of carbonyl (C=O) groups excluding carboxylic acids is 1. The summed E-state index contributed by atoms with van der Waals surface area (Å²) in [7, 11) is 0. The van der Waals surface area contributed by atoms with Gasteiger partial charge in [-0.1, -0.05) is 13.8 Å². The maximum absolute atomic E-state index is 12.0. The van der Waals surface area contributed by atoms with Crippen LogP contribution in [-0.4, -0.2) is 60.9 Å². The van der Waals surface area contributed by atoms with E-state index in [-0.39, 0.29) is 24.7 Å². The quantitative estimate of drug-likeness (QED) is 0.713. The van der Waals surface area contributed by atoms with Gasteiger partial charge in [0.15, 0.2) is 0 Å². The van der Waals surface area contributed by atoms with Crippen molar-refractivity contribution >= 4 is 5.91 Å². The number of hydrogen-bond acceptors (Lipinski definition) is 4. The SMILES string of the molecule is CC(C)CNC(=O)C(C)N1CCC(OCCO)CC1. The second-order valence-corrected chi connectivity index (χ2v) is 5.64. The Hall–Kier alpha value is -0.650. The number of hydrogen-bond donors (Lipinski definition) is 2. The van der Waals surface area contributed by atoms with Gasteiger partial charge in [0, 0.05) is 19.6 Å². The van der Waals surface area contributed by atoms with Crippen molar-refractivity contribution in [2.45, 2.75) is 45.8 Å². The van der Waals surface area contributed by atoms with Crippen molar-refractivity contribution in [3.63, 3.8) is 0 Å². The second-order valence-electron chi connectivity index (χ2n) is 5.64. The summed E-state index contributed by atoms with van der Waals surface area (Å²) in [5.74, 6) is 0.595. The molecule has 112 valence electrons. The van der Waals surface area contributed by atoms with Crippen molar-refractivity contribution < 1.29 is 14.6 Å². The van der Waals surface area contributed by atoms with Crippen molar-refractivity contribution in [3.8, 4) is 0 Å². The van der Waals surface area contributed by atoms with Crippen LogP contribution in [0.25, 0.3) is 0 Å². The molecule has 0 aromatic heterocycles. The van der Waals surface area contributed by atoms with E-state index in [4.69, 9.17) is 9.84 Å². The number of nitrogens with one attached hydrogen (secondary N) is 1. The van der Waals surface area contributed by atoms with E-state index in [1.54, 1.807) is 0 Å². The van der Waals surface area contributed by atoms with Crippen LogP contribution in [0.3, 0.4) is 0 Å². The molecule has 1 rings (SSSR count). The van der Waals surface area contributed by atoms with Gasteiger partial charge in [-0.25, -0.2) is 0 Å². The molecule has 0 saturated carbocycles. The van der Waals surface area contributed by atoms with E-state index >= 15 is 0 Å². The minimum atomic E-state index is -0.0717. The Labute approximate surface area is 116 Å². The maximum Gasteiger partial charge on any atom is 0.237 e. The summed E-state index contributed by atoms with van der Waals surface area (Å²) >= 11 is 0. The van der Waals surface area contributed by atoms with Gasteiger partial charge in [0.25, 0.3) is 0 Å². The first kappa shape index (κ1) is 16.4. The predicted molar refractivity (Wildman–Crippen MR) is 74.9 cm³/mol. The minimum absolute atomic E-state index is 0.0717. The van der Waals surface area contributed by atoms with Crippen LogP contribution in [0.4, 0.5) is 0 Å². The molecule has 0 bridgehead atoms. The van der Waals surface area contributed by atoms with Crippen molar-refractivity contribution in [3.05, 3.63) is 0 Å². The Balaban J connectivity index is 2.27. The van der Waals surface area contributed by atoms with E-state index in [9.17, 15) is 4.79 Å². The number of nitrogens with zero attached hydrogens (tertiary/aromatic N) is 1. The molecule has 1 aliphatic rings. The smallest absolute Gasteiger partial charge is 0.237 e. The molecule has 1 saturated heterocycles. The minimum Gasteiger partial charge on any atom is -0.394 e. The molecule has 1 amide bonds.